The van der Waals surface area contributed by atoms with E-state index in [1.807, 2.05) is 25.1 Å². The maximum absolute atomic E-state index is 13.4. The second-order valence-electron chi connectivity index (χ2n) is 6.83. The van der Waals surface area contributed by atoms with E-state index in [4.69, 9.17) is 14.3 Å². The van der Waals surface area contributed by atoms with Crippen molar-refractivity contribution in [3.05, 3.63) is 59.4 Å². The van der Waals surface area contributed by atoms with E-state index in [2.05, 4.69) is 10.5 Å². The number of halogens is 1. The van der Waals surface area contributed by atoms with Gasteiger partial charge < -0.3 is 19.6 Å². The topological polar surface area (TPSA) is 69.2 Å². The summed E-state index contributed by atoms with van der Waals surface area (Å²) in [6, 6.07) is 11.5. The van der Waals surface area contributed by atoms with Gasteiger partial charge in [0.1, 0.15) is 5.82 Å². The maximum Gasteiger partial charge on any atom is 0.264 e. The molecule has 28 heavy (non-hydrogen) atoms. The lowest BCUT2D eigenvalue weighted by molar-refractivity contribution is -0.131. The Labute approximate surface area is 162 Å². The average Bonchev–Trinajstić information content (AvgIpc) is 3.07. The van der Waals surface area contributed by atoms with E-state index < -0.39 is 6.10 Å². The standard InChI is InChI=1S/C21H21FN2O4/c1-13(14-6-7-18-19(11-14)27-9-3-8-26-18)23-21(25)20-12-17(24-28-20)15-4-2-5-16(22)10-15/h2,4-7,10-11,13,20H,3,8-9,12H2,1H3,(H,23,25). The minimum atomic E-state index is -0.735. The first-order valence-corrected chi connectivity index (χ1v) is 9.29. The zero-order valence-corrected chi connectivity index (χ0v) is 15.5. The smallest absolute Gasteiger partial charge is 0.264 e. The highest BCUT2D eigenvalue weighted by molar-refractivity contribution is 6.04. The Bertz CT molecular complexity index is 915. The van der Waals surface area contributed by atoms with Crippen molar-refractivity contribution in [2.75, 3.05) is 13.2 Å². The fraction of sp³-hybridized carbons (Fsp3) is 0.333. The molecular weight excluding hydrogens is 363 g/mol. The van der Waals surface area contributed by atoms with Crippen LogP contribution in [0, 0.1) is 5.82 Å². The average molecular weight is 384 g/mol. The van der Waals surface area contributed by atoms with Crippen LogP contribution in [0.15, 0.2) is 47.6 Å². The first-order valence-electron chi connectivity index (χ1n) is 9.29. The molecule has 0 aromatic heterocycles. The Morgan fingerprint density at radius 3 is 2.82 bits per heavy atom. The van der Waals surface area contributed by atoms with E-state index in [1.165, 1.54) is 12.1 Å². The summed E-state index contributed by atoms with van der Waals surface area (Å²) in [5, 5.41) is 6.89. The first kappa shape index (κ1) is 18.3. The zero-order valence-electron chi connectivity index (χ0n) is 15.5. The van der Waals surface area contributed by atoms with Gasteiger partial charge in [-0.25, -0.2) is 4.39 Å². The number of carbonyl (C=O) groups excluding carboxylic acids is 1. The molecule has 0 saturated carbocycles. The number of nitrogens with zero attached hydrogens (tertiary/aromatic N) is 1. The second-order valence-corrected chi connectivity index (χ2v) is 6.83. The summed E-state index contributed by atoms with van der Waals surface area (Å²) in [6.45, 7) is 3.12. The van der Waals surface area contributed by atoms with Crippen LogP contribution in [0.3, 0.4) is 0 Å². The molecule has 2 unspecified atom stereocenters. The van der Waals surface area contributed by atoms with Gasteiger partial charge in [-0.2, -0.15) is 0 Å². The normalized spacial score (nSPS) is 19.2. The van der Waals surface area contributed by atoms with Crippen molar-refractivity contribution in [2.45, 2.75) is 31.9 Å². The summed E-state index contributed by atoms with van der Waals surface area (Å²) < 4.78 is 24.7. The third-order valence-corrected chi connectivity index (χ3v) is 4.75. The number of nitrogens with one attached hydrogen (secondary N) is 1. The number of ether oxygens (including phenoxy) is 2. The van der Waals surface area contributed by atoms with Gasteiger partial charge in [-0.1, -0.05) is 23.4 Å². The molecule has 0 saturated heterocycles. The molecule has 2 heterocycles. The minimum Gasteiger partial charge on any atom is -0.490 e. The van der Waals surface area contributed by atoms with Gasteiger partial charge in [0, 0.05) is 18.4 Å². The first-order chi connectivity index (χ1) is 13.6. The molecule has 2 atom stereocenters. The lowest BCUT2D eigenvalue weighted by Crippen LogP contribution is -2.36. The van der Waals surface area contributed by atoms with Crippen LogP contribution < -0.4 is 14.8 Å². The molecule has 0 aliphatic carbocycles. The van der Waals surface area contributed by atoms with Crippen LogP contribution in [0.1, 0.15) is 36.9 Å². The highest BCUT2D eigenvalue weighted by Gasteiger charge is 2.30. The van der Waals surface area contributed by atoms with Crippen molar-refractivity contribution in [2.24, 2.45) is 5.16 Å². The maximum atomic E-state index is 13.4. The molecule has 6 nitrogen and oxygen atoms in total. The van der Waals surface area contributed by atoms with Gasteiger partial charge in [0.25, 0.3) is 5.91 Å². The fourth-order valence-corrected chi connectivity index (χ4v) is 3.20. The van der Waals surface area contributed by atoms with Gasteiger partial charge in [-0.05, 0) is 36.8 Å². The molecule has 0 radical (unpaired) electrons. The Kier molecular flexibility index (Phi) is 5.14. The molecule has 2 aromatic rings. The third-order valence-electron chi connectivity index (χ3n) is 4.75. The van der Waals surface area contributed by atoms with E-state index in [1.54, 1.807) is 12.1 Å². The van der Waals surface area contributed by atoms with Gasteiger partial charge in [-0.3, -0.25) is 4.79 Å². The van der Waals surface area contributed by atoms with E-state index in [9.17, 15) is 9.18 Å². The number of hydrogen-bond acceptors (Lipinski definition) is 5. The van der Waals surface area contributed by atoms with Crippen LogP contribution >= 0.6 is 0 Å². The molecule has 2 aliphatic rings. The number of fused-ring (bicyclic) bond motifs is 1. The summed E-state index contributed by atoms with van der Waals surface area (Å²) in [5.41, 5.74) is 2.08. The van der Waals surface area contributed by atoms with E-state index >= 15 is 0 Å². The number of benzene rings is 2. The fourth-order valence-electron chi connectivity index (χ4n) is 3.20. The summed E-state index contributed by atoms with van der Waals surface area (Å²) in [5.74, 6) is 0.780. The Balaban J connectivity index is 1.38. The number of oxime groups is 1. The molecule has 1 amide bonds. The quantitative estimate of drug-likeness (QED) is 0.878. The lowest BCUT2D eigenvalue weighted by Gasteiger charge is -2.18. The monoisotopic (exact) mass is 384 g/mol. The zero-order chi connectivity index (χ0) is 19.5. The van der Waals surface area contributed by atoms with Crippen molar-refractivity contribution in [1.29, 1.82) is 0 Å². The number of carbonyl (C=O) groups is 1. The van der Waals surface area contributed by atoms with Crippen molar-refractivity contribution in [1.82, 2.24) is 5.32 Å². The van der Waals surface area contributed by atoms with Crippen LogP contribution in [-0.2, 0) is 9.63 Å². The molecule has 2 aliphatic heterocycles. The van der Waals surface area contributed by atoms with Crippen LogP contribution in [0.25, 0.3) is 0 Å². The van der Waals surface area contributed by atoms with Gasteiger partial charge >= 0.3 is 0 Å². The van der Waals surface area contributed by atoms with Crippen LogP contribution in [0.5, 0.6) is 11.5 Å². The summed E-state index contributed by atoms with van der Waals surface area (Å²) in [7, 11) is 0. The van der Waals surface area contributed by atoms with Crippen LogP contribution in [0.4, 0.5) is 4.39 Å². The second kappa shape index (κ2) is 7.88. The molecule has 7 heteroatoms. The van der Waals surface area contributed by atoms with Crippen LogP contribution in [-0.4, -0.2) is 30.9 Å². The summed E-state index contributed by atoms with van der Waals surface area (Å²) >= 11 is 0. The minimum absolute atomic E-state index is 0.244. The van der Waals surface area contributed by atoms with Crippen LogP contribution in [0.2, 0.25) is 0 Å². The highest BCUT2D eigenvalue weighted by atomic mass is 19.1. The molecule has 0 bridgehead atoms. The summed E-state index contributed by atoms with van der Waals surface area (Å²) in [4.78, 5) is 17.9. The van der Waals surface area contributed by atoms with Crippen molar-refractivity contribution >= 4 is 11.6 Å². The van der Waals surface area contributed by atoms with Crippen molar-refractivity contribution < 1.29 is 23.5 Å². The molecule has 1 N–H and O–H groups in total. The summed E-state index contributed by atoms with van der Waals surface area (Å²) in [6.07, 6.45) is 0.396. The van der Waals surface area contributed by atoms with E-state index in [0.717, 1.165) is 12.0 Å². The Hall–Kier alpha value is -3.09. The van der Waals surface area contributed by atoms with Gasteiger partial charge in [0.2, 0.25) is 6.10 Å². The SMILES string of the molecule is CC(NC(=O)C1CC(c2cccc(F)c2)=NO1)c1ccc2c(c1)OCCCO2. The third kappa shape index (κ3) is 3.93. The van der Waals surface area contributed by atoms with Crippen molar-refractivity contribution in [3.8, 4) is 11.5 Å². The molecule has 0 spiro atoms. The molecule has 146 valence electrons. The Morgan fingerprint density at radius 1 is 1.18 bits per heavy atom. The van der Waals surface area contributed by atoms with Gasteiger partial charge in [-0.15, -0.1) is 0 Å². The predicted molar refractivity (Wildman–Crippen MR) is 101 cm³/mol. The molecule has 0 fully saturated rings. The Morgan fingerprint density at radius 2 is 2.00 bits per heavy atom. The molecule has 4 rings (SSSR count). The van der Waals surface area contributed by atoms with Gasteiger partial charge in [0.15, 0.2) is 11.5 Å². The number of rotatable bonds is 4. The van der Waals surface area contributed by atoms with Gasteiger partial charge in [0.05, 0.1) is 25.0 Å². The number of hydrogen-bond donors (Lipinski definition) is 1. The molecule has 2 aromatic carbocycles. The van der Waals surface area contributed by atoms with E-state index in [0.29, 0.717) is 42.4 Å². The lowest BCUT2D eigenvalue weighted by atomic mass is 10.0. The number of amides is 1. The highest BCUT2D eigenvalue weighted by Crippen LogP contribution is 2.32. The largest absolute Gasteiger partial charge is 0.490 e. The van der Waals surface area contributed by atoms with E-state index in [-0.39, 0.29) is 17.8 Å². The molecular formula is C21H21FN2O4. The predicted octanol–water partition coefficient (Wildman–Crippen LogP) is 3.36. The van der Waals surface area contributed by atoms with Crippen molar-refractivity contribution in [3.63, 3.8) is 0 Å².